The first-order chi connectivity index (χ1) is 7.63. The third-order valence-corrected chi connectivity index (χ3v) is 2.82. The second-order valence-corrected chi connectivity index (χ2v) is 4.04. The fraction of sp³-hybridized carbons (Fsp3) is 0.727. The Balaban J connectivity index is 2.26. The van der Waals surface area contributed by atoms with E-state index in [0.29, 0.717) is 18.5 Å². The van der Waals surface area contributed by atoms with Crippen LogP contribution >= 0.6 is 0 Å². The van der Waals surface area contributed by atoms with Gasteiger partial charge in [0.15, 0.2) is 0 Å². The Labute approximate surface area is 96.7 Å². The quantitative estimate of drug-likeness (QED) is 0.655. The number of carboxylic acid groups (broad SMARTS) is 1. The fourth-order valence-corrected chi connectivity index (χ4v) is 1.65. The van der Waals surface area contributed by atoms with Crippen LogP contribution in [0.1, 0.15) is 13.3 Å². The lowest BCUT2D eigenvalue weighted by molar-refractivity contribution is -0.132. The van der Waals surface area contributed by atoms with E-state index in [4.69, 9.17) is 5.11 Å². The molecule has 16 heavy (non-hydrogen) atoms. The molecule has 1 aliphatic heterocycles. The highest BCUT2D eigenvalue weighted by atomic mass is 16.4. The van der Waals surface area contributed by atoms with Crippen molar-refractivity contribution in [2.24, 2.45) is 0 Å². The maximum atomic E-state index is 10.7. The van der Waals surface area contributed by atoms with Gasteiger partial charge < -0.3 is 10.0 Å². The largest absolute Gasteiger partial charge is 0.478 e. The van der Waals surface area contributed by atoms with Gasteiger partial charge in [-0.05, 0) is 13.5 Å². The Morgan fingerprint density at radius 3 is 2.50 bits per heavy atom. The molecular weight excluding hydrogens is 206 g/mol. The molecule has 5 heteroatoms. The number of rotatable bonds is 5. The number of nitrogens with one attached hydrogen (secondary N) is 1. The number of carboxylic acids is 1. The molecule has 0 amide bonds. The Morgan fingerprint density at radius 2 is 2.00 bits per heavy atom. The molecule has 0 saturated carbocycles. The number of hydrogen-bond donors (Lipinski definition) is 2. The fourth-order valence-electron chi connectivity index (χ4n) is 1.65. The van der Waals surface area contributed by atoms with Crippen LogP contribution < -0.4 is 5.43 Å². The van der Waals surface area contributed by atoms with Crippen LogP contribution in [-0.4, -0.2) is 60.8 Å². The predicted octanol–water partition coefficient (Wildman–Crippen LogP) is 0.159. The Kier molecular flexibility index (Phi) is 5.45. The number of carbonyl (C=O) groups is 1. The third kappa shape index (κ3) is 4.30. The third-order valence-electron chi connectivity index (χ3n) is 2.82. The van der Waals surface area contributed by atoms with E-state index in [2.05, 4.69) is 22.4 Å². The molecule has 2 N–H and O–H groups in total. The molecular formula is C11H21N3O2. The molecule has 0 aromatic heterocycles. The first kappa shape index (κ1) is 13.2. The lowest BCUT2D eigenvalue weighted by Gasteiger charge is -2.32. The number of aliphatic carboxylic acids is 1. The molecule has 1 rings (SSSR count). The number of likely N-dealkylation sites (N-methyl/N-ethyl adjacent to an activating group) is 1. The van der Waals surface area contributed by atoms with Crippen LogP contribution in [0.4, 0.5) is 0 Å². The van der Waals surface area contributed by atoms with Crippen LogP contribution in [0, 0.1) is 0 Å². The van der Waals surface area contributed by atoms with Gasteiger partial charge in [0, 0.05) is 38.3 Å². The van der Waals surface area contributed by atoms with Gasteiger partial charge in [-0.25, -0.2) is 9.80 Å². The summed E-state index contributed by atoms with van der Waals surface area (Å²) in [5.41, 5.74) is 3.70. The smallest absolute Gasteiger partial charge is 0.331 e. The van der Waals surface area contributed by atoms with E-state index in [9.17, 15) is 4.79 Å². The van der Waals surface area contributed by atoms with Crippen molar-refractivity contribution in [3.8, 4) is 0 Å². The maximum absolute atomic E-state index is 10.7. The Morgan fingerprint density at radius 1 is 1.38 bits per heavy atom. The SMILES string of the molecule is CCC(=CCNN1CCN(C)CC1)C(=O)O. The monoisotopic (exact) mass is 227 g/mol. The van der Waals surface area contributed by atoms with Crippen LogP contribution in [0.15, 0.2) is 11.6 Å². The van der Waals surface area contributed by atoms with Crippen molar-refractivity contribution in [3.63, 3.8) is 0 Å². The molecule has 5 nitrogen and oxygen atoms in total. The van der Waals surface area contributed by atoms with Crippen LogP contribution in [-0.2, 0) is 4.79 Å². The van der Waals surface area contributed by atoms with Crippen molar-refractivity contribution in [3.05, 3.63) is 11.6 Å². The van der Waals surface area contributed by atoms with E-state index in [1.54, 1.807) is 6.08 Å². The zero-order valence-electron chi connectivity index (χ0n) is 10.1. The van der Waals surface area contributed by atoms with Gasteiger partial charge in [-0.1, -0.05) is 13.0 Å². The predicted molar refractivity (Wildman–Crippen MR) is 63.1 cm³/mol. The van der Waals surface area contributed by atoms with Crippen molar-refractivity contribution < 1.29 is 9.90 Å². The first-order valence-corrected chi connectivity index (χ1v) is 5.72. The molecule has 0 aromatic rings. The van der Waals surface area contributed by atoms with Gasteiger partial charge >= 0.3 is 5.97 Å². The normalized spacial score (nSPS) is 20.0. The minimum Gasteiger partial charge on any atom is -0.478 e. The van der Waals surface area contributed by atoms with Crippen molar-refractivity contribution in [1.82, 2.24) is 15.3 Å². The van der Waals surface area contributed by atoms with E-state index < -0.39 is 5.97 Å². The molecule has 1 fully saturated rings. The summed E-state index contributed by atoms with van der Waals surface area (Å²) in [7, 11) is 2.11. The summed E-state index contributed by atoms with van der Waals surface area (Å²) in [4.78, 5) is 13.0. The summed E-state index contributed by atoms with van der Waals surface area (Å²) in [6.45, 7) is 6.53. The van der Waals surface area contributed by atoms with Gasteiger partial charge in [-0.2, -0.15) is 0 Å². The van der Waals surface area contributed by atoms with Gasteiger partial charge in [0.25, 0.3) is 0 Å². The second-order valence-electron chi connectivity index (χ2n) is 4.04. The number of piperazine rings is 1. The summed E-state index contributed by atoms with van der Waals surface area (Å²) >= 11 is 0. The summed E-state index contributed by atoms with van der Waals surface area (Å²) in [5, 5.41) is 11.0. The number of nitrogens with zero attached hydrogens (tertiary/aromatic N) is 2. The molecule has 0 bridgehead atoms. The van der Waals surface area contributed by atoms with Gasteiger partial charge in [-0.15, -0.1) is 0 Å². The van der Waals surface area contributed by atoms with Gasteiger partial charge in [0.1, 0.15) is 0 Å². The topological polar surface area (TPSA) is 55.8 Å². The average molecular weight is 227 g/mol. The molecule has 0 aromatic carbocycles. The van der Waals surface area contributed by atoms with Crippen LogP contribution in [0.2, 0.25) is 0 Å². The van der Waals surface area contributed by atoms with Crippen LogP contribution in [0.25, 0.3) is 0 Å². The van der Waals surface area contributed by atoms with Gasteiger partial charge in [0.2, 0.25) is 0 Å². The van der Waals surface area contributed by atoms with Crippen LogP contribution in [0.3, 0.4) is 0 Å². The van der Waals surface area contributed by atoms with Crippen molar-refractivity contribution in [2.45, 2.75) is 13.3 Å². The number of hydrogen-bond acceptors (Lipinski definition) is 4. The lowest BCUT2D eigenvalue weighted by Crippen LogP contribution is -2.50. The van der Waals surface area contributed by atoms with E-state index in [0.717, 1.165) is 26.2 Å². The van der Waals surface area contributed by atoms with E-state index in [-0.39, 0.29) is 0 Å². The van der Waals surface area contributed by atoms with E-state index in [1.165, 1.54) is 0 Å². The lowest BCUT2D eigenvalue weighted by atomic mass is 10.2. The summed E-state index contributed by atoms with van der Waals surface area (Å²) in [6, 6.07) is 0. The second kappa shape index (κ2) is 6.62. The number of hydrazine groups is 1. The molecule has 0 aliphatic carbocycles. The molecule has 0 spiro atoms. The minimum atomic E-state index is -0.817. The van der Waals surface area contributed by atoms with Crippen molar-refractivity contribution in [1.29, 1.82) is 0 Å². The minimum absolute atomic E-state index is 0.474. The molecule has 92 valence electrons. The molecule has 1 saturated heterocycles. The molecule has 1 aliphatic rings. The van der Waals surface area contributed by atoms with Crippen LogP contribution in [0.5, 0.6) is 0 Å². The zero-order chi connectivity index (χ0) is 12.0. The molecule has 0 radical (unpaired) electrons. The van der Waals surface area contributed by atoms with E-state index >= 15 is 0 Å². The first-order valence-electron chi connectivity index (χ1n) is 5.72. The Hall–Kier alpha value is -0.910. The molecule has 0 unspecified atom stereocenters. The van der Waals surface area contributed by atoms with Gasteiger partial charge in [0.05, 0.1) is 0 Å². The average Bonchev–Trinajstić information content (AvgIpc) is 2.26. The molecule has 1 heterocycles. The summed E-state index contributed by atoms with van der Waals surface area (Å²) in [5.74, 6) is -0.817. The van der Waals surface area contributed by atoms with Crippen molar-refractivity contribution in [2.75, 3.05) is 39.8 Å². The maximum Gasteiger partial charge on any atom is 0.331 e. The molecule has 0 atom stereocenters. The summed E-state index contributed by atoms with van der Waals surface area (Å²) < 4.78 is 0. The highest BCUT2D eigenvalue weighted by Gasteiger charge is 2.12. The standard InChI is InChI=1S/C11H21N3O2/c1-3-10(11(15)16)4-5-12-14-8-6-13(2)7-9-14/h4,12H,3,5-9H2,1-2H3,(H,15,16). The zero-order valence-corrected chi connectivity index (χ0v) is 10.1. The summed E-state index contributed by atoms with van der Waals surface area (Å²) in [6.07, 6.45) is 2.32. The highest BCUT2D eigenvalue weighted by Crippen LogP contribution is 2.00. The van der Waals surface area contributed by atoms with Gasteiger partial charge in [-0.3, -0.25) is 5.43 Å². The Bertz CT molecular complexity index is 258. The van der Waals surface area contributed by atoms with Crippen molar-refractivity contribution >= 4 is 5.97 Å². The highest BCUT2D eigenvalue weighted by molar-refractivity contribution is 5.86. The van der Waals surface area contributed by atoms with E-state index in [1.807, 2.05) is 6.92 Å².